The molecule has 1 aliphatic rings. The van der Waals surface area contributed by atoms with Gasteiger partial charge in [0.05, 0.1) is 23.1 Å². The van der Waals surface area contributed by atoms with Crippen LogP contribution in [-0.2, 0) is 0 Å². The van der Waals surface area contributed by atoms with Crippen LogP contribution in [0.2, 0.25) is 0 Å². The lowest BCUT2D eigenvalue weighted by molar-refractivity contribution is 0.102. The molecule has 0 spiro atoms. The fourth-order valence-electron chi connectivity index (χ4n) is 2.33. The maximum absolute atomic E-state index is 12.4. The van der Waals surface area contributed by atoms with Crippen molar-refractivity contribution in [2.45, 2.75) is 18.9 Å². The van der Waals surface area contributed by atoms with Crippen molar-refractivity contribution in [3.8, 4) is 11.4 Å². The quantitative estimate of drug-likeness (QED) is 0.672. The second-order valence-electron chi connectivity index (χ2n) is 5.68. The smallest absolute Gasteiger partial charge is 0.257 e. The van der Waals surface area contributed by atoms with Gasteiger partial charge in [-0.2, -0.15) is 5.10 Å². The summed E-state index contributed by atoms with van der Waals surface area (Å²) in [6.45, 7) is 0. The van der Waals surface area contributed by atoms with Crippen molar-refractivity contribution >= 4 is 17.4 Å². The number of carbonyl (C=O) groups excluding carboxylic acids is 1. The fourth-order valence-corrected chi connectivity index (χ4v) is 2.33. The van der Waals surface area contributed by atoms with Crippen molar-refractivity contribution < 1.29 is 4.79 Å². The summed E-state index contributed by atoms with van der Waals surface area (Å²) in [7, 11) is 0. The average molecular weight is 320 g/mol. The summed E-state index contributed by atoms with van der Waals surface area (Å²) in [6, 6.07) is 9.67. The number of pyridine rings is 2. The molecule has 4 rings (SSSR count). The first-order valence-corrected chi connectivity index (χ1v) is 7.78. The molecule has 1 aliphatic carbocycles. The van der Waals surface area contributed by atoms with Crippen LogP contribution in [0.1, 0.15) is 23.2 Å². The van der Waals surface area contributed by atoms with Crippen LogP contribution in [0.4, 0.5) is 11.5 Å². The molecule has 0 bridgehead atoms. The molecule has 0 unspecified atom stereocenters. The molecule has 0 radical (unpaired) electrons. The van der Waals surface area contributed by atoms with Gasteiger partial charge in [-0.25, -0.2) is 4.98 Å². The van der Waals surface area contributed by atoms with Gasteiger partial charge in [-0.15, -0.1) is 0 Å². The molecule has 7 heteroatoms. The summed E-state index contributed by atoms with van der Waals surface area (Å²) in [6.07, 6.45) is 7.19. The van der Waals surface area contributed by atoms with E-state index in [1.54, 1.807) is 24.7 Å². The zero-order chi connectivity index (χ0) is 16.4. The molecule has 0 aromatic carbocycles. The number of amides is 1. The molecule has 0 atom stereocenters. The predicted molar refractivity (Wildman–Crippen MR) is 90.7 cm³/mol. The molecule has 3 aromatic heterocycles. The minimum atomic E-state index is -0.237. The predicted octanol–water partition coefficient (Wildman–Crippen LogP) is 2.69. The van der Waals surface area contributed by atoms with Crippen LogP contribution in [0.25, 0.3) is 11.4 Å². The zero-order valence-electron chi connectivity index (χ0n) is 12.9. The van der Waals surface area contributed by atoms with Crippen LogP contribution in [0.5, 0.6) is 0 Å². The lowest BCUT2D eigenvalue weighted by atomic mass is 10.2. The van der Waals surface area contributed by atoms with E-state index in [1.165, 1.54) is 12.8 Å². The number of nitrogens with zero attached hydrogens (tertiary/aromatic N) is 3. The number of anilines is 2. The summed E-state index contributed by atoms with van der Waals surface area (Å²) in [5, 5.41) is 13.0. The van der Waals surface area contributed by atoms with Gasteiger partial charge in [0.2, 0.25) is 0 Å². The molecule has 1 amide bonds. The highest BCUT2D eigenvalue weighted by molar-refractivity contribution is 6.05. The normalized spacial score (nSPS) is 13.5. The van der Waals surface area contributed by atoms with Crippen molar-refractivity contribution in [2.24, 2.45) is 0 Å². The van der Waals surface area contributed by atoms with Crippen LogP contribution in [0.3, 0.4) is 0 Å². The van der Waals surface area contributed by atoms with Gasteiger partial charge in [0.15, 0.2) is 0 Å². The van der Waals surface area contributed by atoms with Gasteiger partial charge in [0.1, 0.15) is 11.5 Å². The van der Waals surface area contributed by atoms with Crippen LogP contribution in [-0.4, -0.2) is 32.1 Å². The summed E-state index contributed by atoms with van der Waals surface area (Å²) in [5.41, 5.74) is 2.46. The molecule has 24 heavy (non-hydrogen) atoms. The number of hydrogen-bond acceptors (Lipinski definition) is 5. The highest BCUT2D eigenvalue weighted by Gasteiger charge is 2.21. The monoisotopic (exact) mass is 320 g/mol. The number of aromatic amines is 1. The van der Waals surface area contributed by atoms with Gasteiger partial charge in [-0.1, -0.05) is 6.07 Å². The summed E-state index contributed by atoms with van der Waals surface area (Å²) in [4.78, 5) is 21.0. The van der Waals surface area contributed by atoms with E-state index in [0.717, 1.165) is 5.82 Å². The lowest BCUT2D eigenvalue weighted by Crippen LogP contribution is -2.13. The van der Waals surface area contributed by atoms with Crippen LogP contribution < -0.4 is 10.6 Å². The molecule has 3 heterocycles. The molecule has 1 fully saturated rings. The molecular weight excluding hydrogens is 304 g/mol. The largest absolute Gasteiger partial charge is 0.367 e. The molecule has 3 aromatic rings. The van der Waals surface area contributed by atoms with Crippen molar-refractivity contribution in [1.29, 1.82) is 0 Å². The van der Waals surface area contributed by atoms with E-state index in [0.29, 0.717) is 28.7 Å². The number of H-pyrrole nitrogens is 1. The molecule has 7 nitrogen and oxygen atoms in total. The van der Waals surface area contributed by atoms with Crippen LogP contribution in [0.15, 0.2) is 48.9 Å². The Kier molecular flexibility index (Phi) is 3.66. The molecule has 1 saturated carbocycles. The van der Waals surface area contributed by atoms with Gasteiger partial charge in [0.25, 0.3) is 5.91 Å². The Labute approximate surface area is 138 Å². The van der Waals surface area contributed by atoms with E-state index < -0.39 is 0 Å². The summed E-state index contributed by atoms with van der Waals surface area (Å²) < 4.78 is 0. The van der Waals surface area contributed by atoms with E-state index in [4.69, 9.17) is 0 Å². The third-order valence-corrected chi connectivity index (χ3v) is 3.76. The van der Waals surface area contributed by atoms with Gasteiger partial charge >= 0.3 is 0 Å². The Hall–Kier alpha value is -3.22. The average Bonchev–Trinajstić information content (AvgIpc) is 3.32. The first kappa shape index (κ1) is 14.4. The van der Waals surface area contributed by atoms with E-state index in [1.807, 2.05) is 24.3 Å². The Bertz CT molecular complexity index is 839. The molecular formula is C17H16N6O. The van der Waals surface area contributed by atoms with Crippen molar-refractivity contribution in [3.05, 3.63) is 54.5 Å². The van der Waals surface area contributed by atoms with Crippen LogP contribution >= 0.6 is 0 Å². The molecule has 120 valence electrons. The fraction of sp³-hybridized carbons (Fsp3) is 0.176. The minimum absolute atomic E-state index is 0.237. The standard InChI is InChI=1S/C17H16N6O/c24-17(11-4-7-15(19-9-11)21-12-5-6-12)22-14-10-20-23-16(14)13-3-1-2-8-18-13/h1-4,7-10,12H,5-6H2,(H,19,21)(H,20,23)(H,22,24). The van der Waals surface area contributed by atoms with Crippen molar-refractivity contribution in [2.75, 3.05) is 10.6 Å². The molecule has 0 aliphatic heterocycles. The number of hydrogen-bond donors (Lipinski definition) is 3. The van der Waals surface area contributed by atoms with Crippen molar-refractivity contribution in [3.63, 3.8) is 0 Å². The van der Waals surface area contributed by atoms with Gasteiger partial charge < -0.3 is 10.6 Å². The first-order chi connectivity index (χ1) is 11.8. The van der Waals surface area contributed by atoms with Gasteiger partial charge in [-0.3, -0.25) is 14.9 Å². The number of nitrogens with one attached hydrogen (secondary N) is 3. The van der Waals surface area contributed by atoms with E-state index in [-0.39, 0.29) is 5.91 Å². The Balaban J connectivity index is 1.49. The molecule has 3 N–H and O–H groups in total. The SMILES string of the molecule is O=C(Nc1cn[nH]c1-c1ccccn1)c1ccc(NC2CC2)nc1. The maximum atomic E-state index is 12.4. The van der Waals surface area contributed by atoms with Crippen LogP contribution in [0, 0.1) is 0 Å². The Morgan fingerprint density at radius 2 is 2.04 bits per heavy atom. The maximum Gasteiger partial charge on any atom is 0.257 e. The van der Waals surface area contributed by atoms with Crippen molar-refractivity contribution in [1.82, 2.24) is 20.2 Å². The number of rotatable bonds is 5. The van der Waals surface area contributed by atoms with E-state index >= 15 is 0 Å². The van der Waals surface area contributed by atoms with Gasteiger partial charge in [0, 0.05) is 18.4 Å². The third kappa shape index (κ3) is 3.10. The van der Waals surface area contributed by atoms with E-state index in [2.05, 4.69) is 30.8 Å². The summed E-state index contributed by atoms with van der Waals surface area (Å²) in [5.74, 6) is 0.561. The Morgan fingerprint density at radius 3 is 2.75 bits per heavy atom. The second-order valence-corrected chi connectivity index (χ2v) is 5.68. The molecule has 0 saturated heterocycles. The second kappa shape index (κ2) is 6.11. The minimum Gasteiger partial charge on any atom is -0.367 e. The third-order valence-electron chi connectivity index (χ3n) is 3.76. The Morgan fingerprint density at radius 1 is 1.12 bits per heavy atom. The topological polar surface area (TPSA) is 95.6 Å². The lowest BCUT2D eigenvalue weighted by Gasteiger charge is -2.07. The highest BCUT2D eigenvalue weighted by Crippen LogP contribution is 2.25. The summed E-state index contributed by atoms with van der Waals surface area (Å²) >= 11 is 0. The number of aromatic nitrogens is 4. The van der Waals surface area contributed by atoms with E-state index in [9.17, 15) is 4.79 Å². The zero-order valence-corrected chi connectivity index (χ0v) is 12.9. The van der Waals surface area contributed by atoms with Gasteiger partial charge in [-0.05, 0) is 37.1 Å². The first-order valence-electron chi connectivity index (χ1n) is 7.78. The number of carbonyl (C=O) groups is 1. The highest BCUT2D eigenvalue weighted by atomic mass is 16.1.